The fourth-order valence-electron chi connectivity index (χ4n) is 2.64. The second kappa shape index (κ2) is 11.4. The Morgan fingerprint density at radius 3 is 2.33 bits per heavy atom. The van der Waals surface area contributed by atoms with Crippen LogP contribution in [0.2, 0.25) is 5.02 Å². The molecule has 0 saturated carbocycles. The Kier molecular flexibility index (Phi) is 8.10. The molecule has 166 valence electrons. The maximum Gasteiger partial charge on any atom is 0.336 e. The number of anilines is 1. The molecule has 7 nitrogen and oxygen atoms in total. The molecule has 2 N–H and O–H groups in total. The molecule has 0 spiro atoms. The van der Waals surface area contributed by atoms with Crippen molar-refractivity contribution in [3.8, 4) is 5.75 Å². The fraction of sp³-hybridized carbons (Fsp3) is 0.0400. The smallest absolute Gasteiger partial charge is 0.336 e. The summed E-state index contributed by atoms with van der Waals surface area (Å²) in [7, 11) is 0. The highest BCUT2D eigenvalue weighted by molar-refractivity contribution is 6.40. The molecule has 0 fully saturated rings. The molecule has 0 aromatic heterocycles. The van der Waals surface area contributed by atoms with Gasteiger partial charge in [0.05, 0.1) is 6.21 Å². The first-order valence-corrected chi connectivity index (χ1v) is 10.2. The van der Waals surface area contributed by atoms with Gasteiger partial charge in [0, 0.05) is 16.8 Å². The summed E-state index contributed by atoms with van der Waals surface area (Å²) in [4.78, 5) is 35.9. The van der Waals surface area contributed by atoms with Crippen molar-refractivity contribution in [1.29, 1.82) is 0 Å². The number of hydrazone groups is 1. The van der Waals surface area contributed by atoms with Crippen molar-refractivity contribution in [2.24, 2.45) is 5.10 Å². The van der Waals surface area contributed by atoms with Gasteiger partial charge in [-0.25, -0.2) is 10.2 Å². The first kappa shape index (κ1) is 23.4. The number of carbonyl (C=O) groups is 3. The van der Waals surface area contributed by atoms with Crippen molar-refractivity contribution in [1.82, 2.24) is 5.43 Å². The number of nitrogens with zero attached hydrogens (tertiary/aromatic N) is 1. The van der Waals surface area contributed by atoms with Crippen molar-refractivity contribution in [3.63, 3.8) is 0 Å². The molecule has 3 aromatic rings. The van der Waals surface area contributed by atoms with Gasteiger partial charge in [0.1, 0.15) is 5.75 Å². The predicted molar refractivity (Wildman–Crippen MR) is 128 cm³/mol. The predicted octanol–water partition coefficient (Wildman–Crippen LogP) is 4.36. The van der Waals surface area contributed by atoms with Gasteiger partial charge in [-0.3, -0.25) is 9.59 Å². The lowest BCUT2D eigenvalue weighted by Crippen LogP contribution is -2.32. The Balaban J connectivity index is 1.49. The summed E-state index contributed by atoms with van der Waals surface area (Å²) in [5.74, 6) is -1.95. The third-order valence-corrected chi connectivity index (χ3v) is 4.82. The average Bonchev–Trinajstić information content (AvgIpc) is 2.82. The van der Waals surface area contributed by atoms with Crippen LogP contribution in [-0.2, 0) is 14.4 Å². The van der Waals surface area contributed by atoms with E-state index in [4.69, 9.17) is 16.3 Å². The van der Waals surface area contributed by atoms with E-state index in [0.717, 1.165) is 5.56 Å². The van der Waals surface area contributed by atoms with Crippen LogP contribution in [-0.4, -0.2) is 24.0 Å². The number of hydrogen-bond acceptors (Lipinski definition) is 5. The zero-order chi connectivity index (χ0) is 23.6. The van der Waals surface area contributed by atoms with Gasteiger partial charge in [-0.05, 0) is 66.1 Å². The molecule has 0 aliphatic rings. The Morgan fingerprint density at radius 2 is 1.61 bits per heavy atom. The first-order chi connectivity index (χ1) is 15.9. The minimum atomic E-state index is -0.929. The standard InChI is InChI=1S/C25H20ClN3O4/c1-17-21(26)8-5-9-22(17)28-24(31)25(32)29-27-16-19-10-13-20(14-11-19)33-23(30)15-12-18-6-3-2-4-7-18/h2-16H,1H3,(H,28,31)(H,29,32)/b15-12+,27-16+. The van der Waals surface area contributed by atoms with Crippen LogP contribution < -0.4 is 15.5 Å². The minimum absolute atomic E-state index is 0.357. The van der Waals surface area contributed by atoms with Crippen LogP contribution in [0.3, 0.4) is 0 Å². The van der Waals surface area contributed by atoms with E-state index in [-0.39, 0.29) is 0 Å². The molecule has 0 aliphatic carbocycles. The van der Waals surface area contributed by atoms with E-state index >= 15 is 0 Å². The molecule has 3 aromatic carbocycles. The molecule has 33 heavy (non-hydrogen) atoms. The van der Waals surface area contributed by atoms with Crippen molar-refractivity contribution < 1.29 is 19.1 Å². The van der Waals surface area contributed by atoms with Gasteiger partial charge in [0.15, 0.2) is 0 Å². The van der Waals surface area contributed by atoms with Gasteiger partial charge in [-0.2, -0.15) is 5.10 Å². The highest BCUT2D eigenvalue weighted by Crippen LogP contribution is 2.22. The van der Waals surface area contributed by atoms with Crippen molar-refractivity contribution >= 4 is 47.4 Å². The van der Waals surface area contributed by atoms with E-state index in [1.807, 2.05) is 30.3 Å². The minimum Gasteiger partial charge on any atom is -0.423 e. The first-order valence-electron chi connectivity index (χ1n) is 9.87. The SMILES string of the molecule is Cc1c(Cl)cccc1NC(=O)C(=O)N/N=C/c1ccc(OC(=O)/C=C/c2ccccc2)cc1. The molecule has 0 heterocycles. The maximum absolute atomic E-state index is 12.0. The Morgan fingerprint density at radius 1 is 0.879 bits per heavy atom. The lowest BCUT2D eigenvalue weighted by molar-refractivity contribution is -0.136. The summed E-state index contributed by atoms with van der Waals surface area (Å²) in [6.07, 6.45) is 4.36. The Labute approximate surface area is 195 Å². The van der Waals surface area contributed by atoms with E-state index in [9.17, 15) is 14.4 Å². The van der Waals surface area contributed by atoms with Gasteiger partial charge >= 0.3 is 17.8 Å². The monoisotopic (exact) mass is 461 g/mol. The van der Waals surface area contributed by atoms with Crippen LogP contribution >= 0.6 is 11.6 Å². The highest BCUT2D eigenvalue weighted by Gasteiger charge is 2.14. The van der Waals surface area contributed by atoms with Gasteiger partial charge < -0.3 is 10.1 Å². The molecule has 8 heteroatoms. The normalized spacial score (nSPS) is 10.8. The largest absolute Gasteiger partial charge is 0.423 e. The number of nitrogens with one attached hydrogen (secondary N) is 2. The second-order valence-electron chi connectivity index (χ2n) is 6.80. The zero-order valence-electron chi connectivity index (χ0n) is 17.6. The summed E-state index contributed by atoms with van der Waals surface area (Å²) < 4.78 is 5.24. The molecule has 0 atom stereocenters. The van der Waals surface area contributed by atoms with Crippen LogP contribution in [0.15, 0.2) is 84.0 Å². The molecule has 0 saturated heterocycles. The summed E-state index contributed by atoms with van der Waals surface area (Å²) in [6.45, 7) is 1.73. The second-order valence-corrected chi connectivity index (χ2v) is 7.21. The number of rotatable bonds is 6. The van der Waals surface area contributed by atoms with Crippen LogP contribution in [0, 0.1) is 6.92 Å². The number of carbonyl (C=O) groups excluding carboxylic acids is 3. The molecular weight excluding hydrogens is 442 g/mol. The number of esters is 1. The quantitative estimate of drug-likeness (QED) is 0.142. The van der Waals surface area contributed by atoms with E-state index in [1.54, 1.807) is 55.5 Å². The highest BCUT2D eigenvalue weighted by atomic mass is 35.5. The van der Waals surface area contributed by atoms with Crippen molar-refractivity contribution in [3.05, 3.63) is 101 Å². The molecule has 3 rings (SSSR count). The van der Waals surface area contributed by atoms with Gasteiger partial charge in [-0.1, -0.05) is 48.0 Å². The fourth-order valence-corrected chi connectivity index (χ4v) is 2.81. The van der Waals surface area contributed by atoms with Crippen molar-refractivity contribution in [2.75, 3.05) is 5.32 Å². The van der Waals surface area contributed by atoms with E-state index in [1.165, 1.54) is 12.3 Å². The molecular formula is C25H20ClN3O4. The number of ether oxygens (including phenoxy) is 1. The van der Waals surface area contributed by atoms with Crippen LogP contribution in [0.4, 0.5) is 5.69 Å². The Hall–Kier alpha value is -4.23. The van der Waals surface area contributed by atoms with Crippen LogP contribution in [0.1, 0.15) is 16.7 Å². The van der Waals surface area contributed by atoms with Crippen LogP contribution in [0.25, 0.3) is 6.08 Å². The van der Waals surface area contributed by atoms with E-state index in [2.05, 4.69) is 15.8 Å². The molecule has 0 aliphatic heterocycles. The number of amides is 2. The van der Waals surface area contributed by atoms with Gasteiger partial charge in [0.2, 0.25) is 0 Å². The summed E-state index contributed by atoms with van der Waals surface area (Å²) in [5, 5.41) is 6.73. The number of halogens is 1. The molecule has 0 radical (unpaired) electrons. The van der Waals surface area contributed by atoms with E-state index in [0.29, 0.717) is 27.6 Å². The zero-order valence-corrected chi connectivity index (χ0v) is 18.4. The average molecular weight is 462 g/mol. The lowest BCUT2D eigenvalue weighted by Gasteiger charge is -2.08. The van der Waals surface area contributed by atoms with Gasteiger partial charge in [-0.15, -0.1) is 0 Å². The van der Waals surface area contributed by atoms with Crippen LogP contribution in [0.5, 0.6) is 5.75 Å². The third-order valence-electron chi connectivity index (χ3n) is 4.41. The molecule has 0 unspecified atom stereocenters. The third kappa shape index (κ3) is 7.15. The maximum atomic E-state index is 12.0. The number of benzene rings is 3. The van der Waals surface area contributed by atoms with E-state index < -0.39 is 17.8 Å². The lowest BCUT2D eigenvalue weighted by atomic mass is 10.2. The summed E-state index contributed by atoms with van der Waals surface area (Å²) in [6, 6.07) is 20.9. The summed E-state index contributed by atoms with van der Waals surface area (Å²) >= 11 is 6.00. The summed E-state index contributed by atoms with van der Waals surface area (Å²) in [5.41, 5.74) is 4.76. The Bertz CT molecular complexity index is 1210. The topological polar surface area (TPSA) is 96.9 Å². The molecule has 0 bridgehead atoms. The van der Waals surface area contributed by atoms with Gasteiger partial charge in [0.25, 0.3) is 0 Å². The van der Waals surface area contributed by atoms with Crippen molar-refractivity contribution in [2.45, 2.75) is 6.92 Å². The number of hydrogen-bond donors (Lipinski definition) is 2. The molecule has 2 amide bonds.